The molecular formula is C23H33NO3. The minimum absolute atomic E-state index is 0.244. The molecule has 1 heterocycles. The summed E-state index contributed by atoms with van der Waals surface area (Å²) in [5.41, 5.74) is 0. The SMILES string of the molecule is O=C(CCCOc1ccccc1)CCCC(=O)N1CCCC2CCCCC21. The molecule has 0 spiro atoms. The number of fused-ring (bicyclic) bond motifs is 1. The van der Waals surface area contributed by atoms with Crippen LogP contribution in [0.15, 0.2) is 30.3 Å². The van der Waals surface area contributed by atoms with Gasteiger partial charge < -0.3 is 9.64 Å². The van der Waals surface area contributed by atoms with Crippen molar-refractivity contribution in [2.24, 2.45) is 5.92 Å². The lowest BCUT2D eigenvalue weighted by molar-refractivity contribution is -0.137. The molecule has 2 atom stereocenters. The molecule has 1 aliphatic carbocycles. The minimum Gasteiger partial charge on any atom is -0.494 e. The van der Waals surface area contributed by atoms with Gasteiger partial charge in [0, 0.05) is 31.8 Å². The summed E-state index contributed by atoms with van der Waals surface area (Å²) in [6.07, 6.45) is 10.5. The van der Waals surface area contributed by atoms with Gasteiger partial charge in [0.1, 0.15) is 11.5 Å². The van der Waals surface area contributed by atoms with Crippen LogP contribution in [0.5, 0.6) is 5.75 Å². The number of rotatable bonds is 9. The Morgan fingerprint density at radius 2 is 1.67 bits per heavy atom. The summed E-state index contributed by atoms with van der Waals surface area (Å²) in [6, 6.07) is 10.2. The van der Waals surface area contributed by atoms with Crippen molar-refractivity contribution in [2.75, 3.05) is 13.2 Å². The number of para-hydroxylation sites is 1. The van der Waals surface area contributed by atoms with Crippen LogP contribution in [0.25, 0.3) is 0 Å². The normalized spacial score (nSPS) is 22.1. The van der Waals surface area contributed by atoms with Crippen LogP contribution in [-0.2, 0) is 9.59 Å². The van der Waals surface area contributed by atoms with E-state index in [4.69, 9.17) is 4.74 Å². The first-order valence-corrected chi connectivity index (χ1v) is 10.7. The van der Waals surface area contributed by atoms with Crippen molar-refractivity contribution in [1.82, 2.24) is 4.90 Å². The van der Waals surface area contributed by atoms with Gasteiger partial charge in [0.25, 0.3) is 0 Å². The van der Waals surface area contributed by atoms with Gasteiger partial charge in [-0.3, -0.25) is 9.59 Å². The zero-order valence-corrected chi connectivity index (χ0v) is 16.4. The molecule has 4 heteroatoms. The Hall–Kier alpha value is -1.84. The van der Waals surface area contributed by atoms with Gasteiger partial charge in [0.05, 0.1) is 6.61 Å². The maximum absolute atomic E-state index is 12.6. The summed E-state index contributed by atoms with van der Waals surface area (Å²) in [4.78, 5) is 26.9. The second kappa shape index (κ2) is 10.5. The van der Waals surface area contributed by atoms with Crippen molar-refractivity contribution >= 4 is 11.7 Å². The third kappa shape index (κ3) is 6.08. The standard InChI is InChI=1S/C23H33NO3/c25-20(12-8-18-27-21-13-2-1-3-14-21)11-6-16-23(26)24-17-7-10-19-9-4-5-15-22(19)24/h1-3,13-14,19,22H,4-12,15-18H2. The first kappa shape index (κ1) is 19.9. The highest BCUT2D eigenvalue weighted by Gasteiger charge is 2.35. The predicted molar refractivity (Wildman–Crippen MR) is 107 cm³/mol. The van der Waals surface area contributed by atoms with E-state index in [1.165, 1.54) is 32.1 Å². The van der Waals surface area contributed by atoms with Crippen LogP contribution >= 0.6 is 0 Å². The van der Waals surface area contributed by atoms with Crippen molar-refractivity contribution in [2.45, 2.75) is 76.7 Å². The smallest absolute Gasteiger partial charge is 0.222 e. The first-order valence-electron chi connectivity index (χ1n) is 10.7. The molecule has 1 aromatic rings. The maximum Gasteiger partial charge on any atom is 0.222 e. The first-order chi connectivity index (χ1) is 13.2. The van der Waals surface area contributed by atoms with Crippen LogP contribution in [0.1, 0.15) is 70.6 Å². The number of likely N-dealkylation sites (tertiary alicyclic amines) is 1. The van der Waals surface area contributed by atoms with Crippen LogP contribution in [0.3, 0.4) is 0 Å². The molecule has 1 amide bonds. The fourth-order valence-electron chi connectivity index (χ4n) is 4.62. The van der Waals surface area contributed by atoms with Crippen LogP contribution in [0.2, 0.25) is 0 Å². The Bertz CT molecular complexity index is 599. The van der Waals surface area contributed by atoms with Gasteiger partial charge in [-0.05, 0) is 56.6 Å². The summed E-state index contributed by atoms with van der Waals surface area (Å²) in [5.74, 6) is 2.08. The average molecular weight is 372 g/mol. The molecule has 2 fully saturated rings. The number of hydrogen-bond acceptors (Lipinski definition) is 3. The molecule has 1 aromatic carbocycles. The van der Waals surface area contributed by atoms with Gasteiger partial charge >= 0.3 is 0 Å². The number of ketones is 1. The van der Waals surface area contributed by atoms with Gasteiger partial charge in [-0.1, -0.05) is 31.0 Å². The number of amides is 1. The number of carbonyl (C=O) groups excluding carboxylic acids is 2. The molecule has 0 N–H and O–H groups in total. The molecule has 2 aliphatic rings. The zero-order chi connectivity index (χ0) is 18.9. The molecule has 4 nitrogen and oxygen atoms in total. The predicted octanol–water partition coefficient (Wildman–Crippen LogP) is 4.77. The fraction of sp³-hybridized carbons (Fsp3) is 0.652. The number of Topliss-reactive ketones (excluding diaryl/α,β-unsaturated/α-hetero) is 1. The molecule has 0 aromatic heterocycles. The summed E-state index contributed by atoms with van der Waals surface area (Å²) in [7, 11) is 0. The highest BCUT2D eigenvalue weighted by molar-refractivity contribution is 5.80. The second-order valence-corrected chi connectivity index (χ2v) is 8.00. The lowest BCUT2D eigenvalue weighted by Gasteiger charge is -2.44. The largest absolute Gasteiger partial charge is 0.494 e. The van der Waals surface area contributed by atoms with Crippen molar-refractivity contribution in [1.29, 1.82) is 0 Å². The molecular weight excluding hydrogens is 338 g/mol. The molecule has 1 aliphatic heterocycles. The van der Waals surface area contributed by atoms with E-state index in [1.807, 2.05) is 30.3 Å². The monoisotopic (exact) mass is 371 g/mol. The van der Waals surface area contributed by atoms with E-state index >= 15 is 0 Å². The summed E-state index contributed by atoms with van der Waals surface area (Å²) in [6.45, 7) is 1.48. The van der Waals surface area contributed by atoms with E-state index in [0.717, 1.165) is 31.1 Å². The molecule has 1 saturated heterocycles. The summed E-state index contributed by atoms with van der Waals surface area (Å²) < 4.78 is 5.62. The molecule has 1 saturated carbocycles. The molecule has 0 bridgehead atoms. The van der Waals surface area contributed by atoms with Crippen LogP contribution in [0.4, 0.5) is 0 Å². The Labute approximate surface area is 163 Å². The number of nitrogens with zero attached hydrogens (tertiary/aromatic N) is 1. The van der Waals surface area contributed by atoms with Crippen molar-refractivity contribution in [3.63, 3.8) is 0 Å². The summed E-state index contributed by atoms with van der Waals surface area (Å²) in [5, 5.41) is 0. The Kier molecular flexibility index (Phi) is 7.73. The molecule has 2 unspecified atom stereocenters. The minimum atomic E-state index is 0.244. The number of piperidine rings is 1. The Morgan fingerprint density at radius 3 is 2.52 bits per heavy atom. The molecule has 27 heavy (non-hydrogen) atoms. The van der Waals surface area contributed by atoms with E-state index < -0.39 is 0 Å². The lowest BCUT2D eigenvalue weighted by Crippen LogP contribution is -2.49. The van der Waals surface area contributed by atoms with E-state index in [-0.39, 0.29) is 11.7 Å². The van der Waals surface area contributed by atoms with Crippen LogP contribution < -0.4 is 4.74 Å². The second-order valence-electron chi connectivity index (χ2n) is 8.00. The third-order valence-corrected chi connectivity index (χ3v) is 6.02. The van der Waals surface area contributed by atoms with Gasteiger partial charge in [0.2, 0.25) is 5.91 Å². The van der Waals surface area contributed by atoms with E-state index in [9.17, 15) is 9.59 Å². The third-order valence-electron chi connectivity index (χ3n) is 6.02. The Morgan fingerprint density at radius 1 is 0.926 bits per heavy atom. The highest BCUT2D eigenvalue weighted by atomic mass is 16.5. The van der Waals surface area contributed by atoms with Crippen molar-refractivity contribution in [3.8, 4) is 5.75 Å². The Balaban J connectivity index is 1.29. The van der Waals surface area contributed by atoms with Gasteiger partial charge in [0.15, 0.2) is 0 Å². The van der Waals surface area contributed by atoms with E-state index in [0.29, 0.717) is 38.3 Å². The number of hydrogen-bond donors (Lipinski definition) is 0. The van der Waals surface area contributed by atoms with Gasteiger partial charge in [-0.15, -0.1) is 0 Å². The van der Waals surface area contributed by atoms with Crippen LogP contribution in [0, 0.1) is 5.92 Å². The zero-order valence-electron chi connectivity index (χ0n) is 16.4. The molecule has 148 valence electrons. The topological polar surface area (TPSA) is 46.6 Å². The van der Waals surface area contributed by atoms with Crippen molar-refractivity contribution < 1.29 is 14.3 Å². The van der Waals surface area contributed by atoms with Crippen LogP contribution in [-0.4, -0.2) is 35.8 Å². The fourth-order valence-corrected chi connectivity index (χ4v) is 4.62. The van der Waals surface area contributed by atoms with E-state index in [1.54, 1.807) is 0 Å². The molecule has 0 radical (unpaired) electrons. The number of benzene rings is 1. The van der Waals surface area contributed by atoms with Crippen molar-refractivity contribution in [3.05, 3.63) is 30.3 Å². The average Bonchev–Trinajstić information content (AvgIpc) is 2.71. The maximum atomic E-state index is 12.6. The lowest BCUT2D eigenvalue weighted by atomic mass is 9.78. The molecule has 3 rings (SSSR count). The number of carbonyl (C=O) groups is 2. The summed E-state index contributed by atoms with van der Waals surface area (Å²) >= 11 is 0. The van der Waals surface area contributed by atoms with Gasteiger partial charge in [-0.25, -0.2) is 0 Å². The quantitative estimate of drug-likeness (QED) is 0.588. The van der Waals surface area contributed by atoms with Gasteiger partial charge in [-0.2, -0.15) is 0 Å². The van der Waals surface area contributed by atoms with E-state index in [2.05, 4.69) is 4.90 Å². The highest BCUT2D eigenvalue weighted by Crippen LogP contribution is 2.35. The number of ether oxygens (including phenoxy) is 1.